The number of ether oxygens (including phenoxy) is 1. The van der Waals surface area contributed by atoms with E-state index in [2.05, 4.69) is 17.1 Å². The predicted molar refractivity (Wildman–Crippen MR) is 68.8 cm³/mol. The minimum atomic E-state index is 0.771. The Bertz CT molecular complexity index is 169. The van der Waals surface area contributed by atoms with Gasteiger partial charge in [0.25, 0.3) is 0 Å². The van der Waals surface area contributed by atoms with E-state index in [4.69, 9.17) is 4.74 Å². The fourth-order valence-electron chi connectivity index (χ4n) is 2.71. The van der Waals surface area contributed by atoms with Crippen molar-refractivity contribution in [3.63, 3.8) is 0 Å². The van der Waals surface area contributed by atoms with E-state index >= 15 is 0 Å². The maximum absolute atomic E-state index is 5.38. The molecule has 0 amide bonds. The highest BCUT2D eigenvalue weighted by Gasteiger charge is 2.29. The Morgan fingerprint density at radius 3 is 2.50 bits per heavy atom. The van der Waals surface area contributed by atoms with Crippen LogP contribution in [0.15, 0.2) is 0 Å². The van der Waals surface area contributed by atoms with E-state index in [1.807, 2.05) is 13.8 Å². The molecule has 96 valence electrons. The van der Waals surface area contributed by atoms with Crippen molar-refractivity contribution < 1.29 is 4.74 Å². The van der Waals surface area contributed by atoms with Crippen LogP contribution in [-0.2, 0) is 4.74 Å². The topological polar surface area (TPSA) is 24.5 Å². The molecule has 0 spiro atoms. The predicted octanol–water partition coefficient (Wildman–Crippen LogP) is 1.88. The van der Waals surface area contributed by atoms with Gasteiger partial charge < -0.3 is 10.1 Å². The van der Waals surface area contributed by atoms with Crippen LogP contribution < -0.4 is 5.32 Å². The Kier molecular flexibility index (Phi) is 7.01. The number of morpholine rings is 1. The molecule has 2 rings (SSSR count). The van der Waals surface area contributed by atoms with Gasteiger partial charge in [-0.25, -0.2) is 0 Å². The number of hydrogen-bond acceptors (Lipinski definition) is 3. The van der Waals surface area contributed by atoms with Gasteiger partial charge in [0, 0.05) is 25.2 Å². The lowest BCUT2D eigenvalue weighted by atomic mass is 10.2. The molecule has 3 nitrogen and oxygen atoms in total. The second-order valence-electron chi connectivity index (χ2n) is 4.37. The summed E-state index contributed by atoms with van der Waals surface area (Å²) in [6.07, 6.45) is 4.07. The zero-order valence-electron chi connectivity index (χ0n) is 11.2. The highest BCUT2D eigenvalue weighted by atomic mass is 16.5. The molecule has 0 aromatic heterocycles. The highest BCUT2D eigenvalue weighted by molar-refractivity contribution is 4.87. The summed E-state index contributed by atoms with van der Waals surface area (Å²) in [4.78, 5) is 2.61. The number of nitrogens with zero attached hydrogens (tertiary/aromatic N) is 1. The van der Waals surface area contributed by atoms with E-state index in [0.29, 0.717) is 0 Å². The van der Waals surface area contributed by atoms with Crippen molar-refractivity contribution >= 4 is 0 Å². The van der Waals surface area contributed by atoms with Gasteiger partial charge in [-0.3, -0.25) is 4.90 Å². The highest BCUT2D eigenvalue weighted by Crippen LogP contribution is 2.24. The quantitative estimate of drug-likeness (QED) is 0.798. The third-order valence-electron chi connectivity index (χ3n) is 3.46. The van der Waals surface area contributed by atoms with E-state index in [0.717, 1.165) is 44.9 Å². The first kappa shape index (κ1) is 13.9. The van der Waals surface area contributed by atoms with Crippen molar-refractivity contribution in [1.29, 1.82) is 0 Å². The molecule has 1 N–H and O–H groups in total. The molecule has 2 unspecified atom stereocenters. The molecule has 1 heterocycles. The maximum atomic E-state index is 5.38. The Hall–Kier alpha value is -0.120. The van der Waals surface area contributed by atoms with E-state index in [9.17, 15) is 0 Å². The molecule has 2 fully saturated rings. The molecule has 2 aliphatic rings. The molecule has 1 saturated heterocycles. The van der Waals surface area contributed by atoms with Crippen molar-refractivity contribution in [2.45, 2.75) is 52.1 Å². The molecule has 2 atom stereocenters. The SMILES string of the molecule is CC.CCNC1CCC(N2CCOCC2)C1. The van der Waals surface area contributed by atoms with Crippen LogP contribution in [0.1, 0.15) is 40.0 Å². The van der Waals surface area contributed by atoms with Crippen LogP contribution in [0.5, 0.6) is 0 Å². The number of nitrogens with one attached hydrogen (secondary N) is 1. The van der Waals surface area contributed by atoms with Crippen molar-refractivity contribution in [2.75, 3.05) is 32.8 Å². The van der Waals surface area contributed by atoms with Crippen molar-refractivity contribution in [2.24, 2.45) is 0 Å². The first-order valence-electron chi connectivity index (χ1n) is 6.95. The first-order valence-corrected chi connectivity index (χ1v) is 6.95. The standard InChI is InChI=1S/C11H22N2O.C2H6/c1-2-12-10-3-4-11(9-10)13-5-7-14-8-6-13;1-2/h10-12H,2-9H2,1H3;1-2H3. The monoisotopic (exact) mass is 228 g/mol. The summed E-state index contributed by atoms with van der Waals surface area (Å²) in [7, 11) is 0. The van der Waals surface area contributed by atoms with E-state index < -0.39 is 0 Å². The van der Waals surface area contributed by atoms with Gasteiger partial charge >= 0.3 is 0 Å². The van der Waals surface area contributed by atoms with Crippen LogP contribution in [0.2, 0.25) is 0 Å². The summed E-state index contributed by atoms with van der Waals surface area (Å²) in [6.45, 7) is 11.5. The Labute approximate surface area is 101 Å². The van der Waals surface area contributed by atoms with Gasteiger partial charge in [-0.2, -0.15) is 0 Å². The van der Waals surface area contributed by atoms with Crippen LogP contribution in [0.25, 0.3) is 0 Å². The zero-order chi connectivity index (χ0) is 11.8. The normalized spacial score (nSPS) is 30.9. The smallest absolute Gasteiger partial charge is 0.0594 e. The van der Waals surface area contributed by atoms with Crippen LogP contribution in [0.3, 0.4) is 0 Å². The van der Waals surface area contributed by atoms with Crippen LogP contribution in [0.4, 0.5) is 0 Å². The average Bonchev–Trinajstić information content (AvgIpc) is 2.82. The lowest BCUT2D eigenvalue weighted by Gasteiger charge is -2.32. The van der Waals surface area contributed by atoms with Gasteiger partial charge in [0.05, 0.1) is 13.2 Å². The summed E-state index contributed by atoms with van der Waals surface area (Å²) in [5, 5.41) is 3.56. The third-order valence-corrected chi connectivity index (χ3v) is 3.46. The zero-order valence-corrected chi connectivity index (χ0v) is 11.2. The maximum Gasteiger partial charge on any atom is 0.0594 e. The molecule has 0 bridgehead atoms. The molecule has 3 heteroatoms. The molecule has 0 radical (unpaired) electrons. The summed E-state index contributed by atoms with van der Waals surface area (Å²) in [5.74, 6) is 0. The fraction of sp³-hybridized carbons (Fsp3) is 1.00. The minimum absolute atomic E-state index is 0.771. The van der Waals surface area contributed by atoms with Gasteiger partial charge in [-0.15, -0.1) is 0 Å². The summed E-state index contributed by atoms with van der Waals surface area (Å²) < 4.78 is 5.38. The van der Waals surface area contributed by atoms with Gasteiger partial charge in [0.2, 0.25) is 0 Å². The summed E-state index contributed by atoms with van der Waals surface area (Å²) >= 11 is 0. The van der Waals surface area contributed by atoms with Gasteiger partial charge in [-0.1, -0.05) is 20.8 Å². The first-order chi connectivity index (χ1) is 7.90. The van der Waals surface area contributed by atoms with Crippen LogP contribution >= 0.6 is 0 Å². The second-order valence-corrected chi connectivity index (χ2v) is 4.37. The van der Waals surface area contributed by atoms with Gasteiger partial charge in [-0.05, 0) is 25.8 Å². The van der Waals surface area contributed by atoms with Crippen molar-refractivity contribution in [3.8, 4) is 0 Å². The van der Waals surface area contributed by atoms with Crippen LogP contribution in [-0.4, -0.2) is 49.8 Å². The molecular formula is C13H28N2O. The van der Waals surface area contributed by atoms with Gasteiger partial charge in [0.15, 0.2) is 0 Å². The number of rotatable bonds is 3. The molecule has 1 aliphatic heterocycles. The van der Waals surface area contributed by atoms with E-state index in [1.165, 1.54) is 19.3 Å². The molecule has 0 aromatic carbocycles. The van der Waals surface area contributed by atoms with Crippen molar-refractivity contribution in [3.05, 3.63) is 0 Å². The molecule has 0 aromatic rings. The average molecular weight is 228 g/mol. The lowest BCUT2D eigenvalue weighted by molar-refractivity contribution is 0.0176. The molecule has 1 aliphatic carbocycles. The Balaban J connectivity index is 0.000000606. The van der Waals surface area contributed by atoms with E-state index in [-0.39, 0.29) is 0 Å². The Morgan fingerprint density at radius 2 is 1.88 bits per heavy atom. The largest absolute Gasteiger partial charge is 0.379 e. The molecule has 16 heavy (non-hydrogen) atoms. The Morgan fingerprint density at radius 1 is 1.19 bits per heavy atom. The second kappa shape index (κ2) is 8.04. The summed E-state index contributed by atoms with van der Waals surface area (Å²) in [6, 6.07) is 1.59. The lowest BCUT2D eigenvalue weighted by Crippen LogP contribution is -2.43. The fourth-order valence-corrected chi connectivity index (χ4v) is 2.71. The third kappa shape index (κ3) is 4.04. The summed E-state index contributed by atoms with van der Waals surface area (Å²) in [5.41, 5.74) is 0. The van der Waals surface area contributed by atoms with Crippen molar-refractivity contribution in [1.82, 2.24) is 10.2 Å². The molecular weight excluding hydrogens is 200 g/mol. The van der Waals surface area contributed by atoms with Gasteiger partial charge in [0.1, 0.15) is 0 Å². The minimum Gasteiger partial charge on any atom is -0.379 e. The number of hydrogen-bond donors (Lipinski definition) is 1. The molecule has 1 saturated carbocycles. The van der Waals surface area contributed by atoms with Crippen LogP contribution in [0, 0.1) is 0 Å². The van der Waals surface area contributed by atoms with E-state index in [1.54, 1.807) is 0 Å².